The summed E-state index contributed by atoms with van der Waals surface area (Å²) in [6.07, 6.45) is 2.67. The summed E-state index contributed by atoms with van der Waals surface area (Å²) in [7, 11) is 0. The highest BCUT2D eigenvalue weighted by Gasteiger charge is 2.28. The Labute approximate surface area is 102 Å². The molecule has 16 heavy (non-hydrogen) atoms. The lowest BCUT2D eigenvalue weighted by Crippen LogP contribution is -2.38. The lowest BCUT2D eigenvalue weighted by atomic mass is 10.0. The van der Waals surface area contributed by atoms with Gasteiger partial charge in [0.15, 0.2) is 0 Å². The van der Waals surface area contributed by atoms with Crippen molar-refractivity contribution in [3.8, 4) is 0 Å². The van der Waals surface area contributed by atoms with Gasteiger partial charge in [-0.1, -0.05) is 34.6 Å². The predicted molar refractivity (Wildman–Crippen MR) is 71.7 cm³/mol. The van der Waals surface area contributed by atoms with Crippen LogP contribution in [0.15, 0.2) is 0 Å². The van der Waals surface area contributed by atoms with Gasteiger partial charge in [0.1, 0.15) is 0 Å². The fourth-order valence-corrected chi connectivity index (χ4v) is 2.88. The monoisotopic (exact) mass is 226 g/mol. The summed E-state index contributed by atoms with van der Waals surface area (Å²) in [4.78, 5) is 2.71. The molecule has 0 bridgehead atoms. The van der Waals surface area contributed by atoms with Crippen LogP contribution in [0.5, 0.6) is 0 Å². The first-order valence-corrected chi connectivity index (χ1v) is 7.02. The lowest BCUT2D eigenvalue weighted by Gasteiger charge is -2.30. The van der Waals surface area contributed by atoms with E-state index in [-0.39, 0.29) is 0 Å². The summed E-state index contributed by atoms with van der Waals surface area (Å²) in [5.74, 6) is 1.66. The summed E-state index contributed by atoms with van der Waals surface area (Å²) in [5, 5.41) is 3.57. The molecule has 1 rings (SSSR count). The van der Waals surface area contributed by atoms with E-state index < -0.39 is 0 Å². The Morgan fingerprint density at radius 1 is 1.25 bits per heavy atom. The van der Waals surface area contributed by atoms with Gasteiger partial charge < -0.3 is 5.32 Å². The molecule has 1 saturated heterocycles. The molecule has 1 fully saturated rings. The van der Waals surface area contributed by atoms with Gasteiger partial charge in [0.25, 0.3) is 0 Å². The molecule has 0 amide bonds. The maximum atomic E-state index is 3.57. The topological polar surface area (TPSA) is 15.3 Å². The van der Waals surface area contributed by atoms with Gasteiger partial charge in [0.05, 0.1) is 0 Å². The van der Waals surface area contributed by atoms with Crippen molar-refractivity contribution in [1.29, 1.82) is 0 Å². The summed E-state index contributed by atoms with van der Waals surface area (Å²) >= 11 is 0. The zero-order valence-corrected chi connectivity index (χ0v) is 11.8. The third kappa shape index (κ3) is 4.06. The van der Waals surface area contributed by atoms with Crippen LogP contribution in [-0.4, -0.2) is 36.6 Å². The van der Waals surface area contributed by atoms with Gasteiger partial charge in [0.2, 0.25) is 0 Å². The first kappa shape index (κ1) is 14.0. The van der Waals surface area contributed by atoms with E-state index in [4.69, 9.17) is 0 Å². The zero-order valence-electron chi connectivity index (χ0n) is 11.8. The lowest BCUT2D eigenvalue weighted by molar-refractivity contribution is 0.179. The van der Waals surface area contributed by atoms with Gasteiger partial charge in [-0.2, -0.15) is 0 Å². The summed E-state index contributed by atoms with van der Waals surface area (Å²) in [6, 6.07) is 1.42. The largest absolute Gasteiger partial charge is 0.314 e. The molecular weight excluding hydrogens is 196 g/mol. The normalized spacial score (nSPS) is 24.6. The number of rotatable bonds is 6. The molecule has 0 spiro atoms. The zero-order chi connectivity index (χ0) is 12.1. The maximum absolute atomic E-state index is 3.57. The quantitative estimate of drug-likeness (QED) is 0.749. The molecule has 1 aliphatic rings. The number of nitrogens with one attached hydrogen (secondary N) is 1. The van der Waals surface area contributed by atoms with Crippen LogP contribution >= 0.6 is 0 Å². The molecule has 0 saturated carbocycles. The minimum Gasteiger partial charge on any atom is -0.314 e. The number of nitrogens with zero attached hydrogens (tertiary/aromatic N) is 1. The van der Waals surface area contributed by atoms with E-state index >= 15 is 0 Å². The van der Waals surface area contributed by atoms with Crippen molar-refractivity contribution in [1.82, 2.24) is 10.2 Å². The van der Waals surface area contributed by atoms with Crippen molar-refractivity contribution in [2.45, 2.75) is 59.5 Å². The highest BCUT2D eigenvalue weighted by molar-refractivity contribution is 4.83. The summed E-state index contributed by atoms with van der Waals surface area (Å²) in [6.45, 7) is 15.3. The molecule has 1 aliphatic heterocycles. The second kappa shape index (κ2) is 6.61. The Bertz CT molecular complexity index is 189. The van der Waals surface area contributed by atoms with Gasteiger partial charge in [-0.15, -0.1) is 0 Å². The average Bonchev–Trinajstić information content (AvgIpc) is 2.64. The van der Waals surface area contributed by atoms with E-state index in [1.54, 1.807) is 0 Å². The second-order valence-electron chi connectivity index (χ2n) is 5.93. The van der Waals surface area contributed by atoms with Crippen molar-refractivity contribution in [3.63, 3.8) is 0 Å². The van der Waals surface area contributed by atoms with Crippen LogP contribution in [0, 0.1) is 11.8 Å². The van der Waals surface area contributed by atoms with E-state index in [0.717, 1.165) is 17.9 Å². The molecule has 0 aromatic carbocycles. The van der Waals surface area contributed by atoms with Crippen molar-refractivity contribution in [2.24, 2.45) is 11.8 Å². The van der Waals surface area contributed by atoms with Crippen molar-refractivity contribution < 1.29 is 0 Å². The molecule has 2 unspecified atom stereocenters. The van der Waals surface area contributed by atoms with Crippen LogP contribution in [-0.2, 0) is 0 Å². The molecule has 1 N–H and O–H groups in total. The van der Waals surface area contributed by atoms with Crippen LogP contribution in [0.25, 0.3) is 0 Å². The molecule has 2 heteroatoms. The van der Waals surface area contributed by atoms with Gasteiger partial charge in [0, 0.05) is 18.6 Å². The fourth-order valence-electron chi connectivity index (χ4n) is 2.88. The minimum atomic E-state index is 0.626. The van der Waals surface area contributed by atoms with Crippen LogP contribution in [0.3, 0.4) is 0 Å². The molecular formula is C14H30N2. The number of likely N-dealkylation sites (tertiary alicyclic amines) is 1. The van der Waals surface area contributed by atoms with Crippen molar-refractivity contribution in [2.75, 3.05) is 19.6 Å². The molecule has 0 aliphatic carbocycles. The minimum absolute atomic E-state index is 0.626. The maximum Gasteiger partial charge on any atom is 0.0116 e. The highest BCUT2D eigenvalue weighted by atomic mass is 15.2. The number of hydrogen-bond acceptors (Lipinski definition) is 2. The highest BCUT2D eigenvalue weighted by Crippen LogP contribution is 2.23. The third-order valence-electron chi connectivity index (χ3n) is 3.79. The Morgan fingerprint density at radius 2 is 1.94 bits per heavy atom. The second-order valence-corrected chi connectivity index (χ2v) is 5.93. The van der Waals surface area contributed by atoms with Crippen molar-refractivity contribution in [3.05, 3.63) is 0 Å². The van der Waals surface area contributed by atoms with Gasteiger partial charge >= 0.3 is 0 Å². The van der Waals surface area contributed by atoms with E-state index in [1.165, 1.54) is 32.5 Å². The van der Waals surface area contributed by atoms with E-state index in [9.17, 15) is 0 Å². The van der Waals surface area contributed by atoms with Crippen LogP contribution in [0.2, 0.25) is 0 Å². The molecule has 2 atom stereocenters. The Morgan fingerprint density at radius 3 is 2.44 bits per heavy atom. The molecule has 1 heterocycles. The van der Waals surface area contributed by atoms with Gasteiger partial charge in [-0.3, -0.25) is 4.90 Å². The fraction of sp³-hybridized carbons (Fsp3) is 1.00. The van der Waals surface area contributed by atoms with E-state index in [2.05, 4.69) is 44.8 Å². The third-order valence-corrected chi connectivity index (χ3v) is 3.79. The molecule has 0 radical (unpaired) electrons. The summed E-state index contributed by atoms with van der Waals surface area (Å²) < 4.78 is 0. The average molecular weight is 226 g/mol. The Kier molecular flexibility index (Phi) is 5.77. The predicted octanol–water partition coefficient (Wildman–Crippen LogP) is 2.74. The van der Waals surface area contributed by atoms with Gasteiger partial charge in [-0.05, 0) is 37.8 Å². The SMILES string of the molecule is CCC(C(C)C)N1CCC(CNC(C)C)C1. The first-order valence-electron chi connectivity index (χ1n) is 7.02. The molecule has 96 valence electrons. The van der Waals surface area contributed by atoms with E-state index in [0.29, 0.717) is 6.04 Å². The summed E-state index contributed by atoms with van der Waals surface area (Å²) in [5.41, 5.74) is 0. The Balaban J connectivity index is 2.33. The van der Waals surface area contributed by atoms with Crippen molar-refractivity contribution >= 4 is 0 Å². The number of hydrogen-bond donors (Lipinski definition) is 1. The Hall–Kier alpha value is -0.0800. The molecule has 2 nitrogen and oxygen atoms in total. The van der Waals surface area contributed by atoms with E-state index in [1.807, 2.05) is 0 Å². The first-order chi connectivity index (χ1) is 7.54. The van der Waals surface area contributed by atoms with Crippen LogP contribution < -0.4 is 5.32 Å². The smallest absolute Gasteiger partial charge is 0.0116 e. The molecule has 0 aromatic rings. The molecule has 0 aromatic heterocycles. The standard InChI is InChI=1S/C14H30N2/c1-6-14(11(2)3)16-8-7-13(10-16)9-15-12(4)5/h11-15H,6-10H2,1-5H3. The van der Waals surface area contributed by atoms with Gasteiger partial charge in [-0.25, -0.2) is 0 Å². The van der Waals surface area contributed by atoms with Crippen LogP contribution in [0.1, 0.15) is 47.5 Å². The van der Waals surface area contributed by atoms with Crippen LogP contribution in [0.4, 0.5) is 0 Å².